The molecular formula is C12H17BrIN3O. The Kier molecular flexibility index (Phi) is 6.20. The van der Waals surface area contributed by atoms with Crippen LogP contribution in [-0.2, 0) is 6.54 Å². The highest BCUT2D eigenvalue weighted by Gasteiger charge is 2.12. The summed E-state index contributed by atoms with van der Waals surface area (Å²) in [4.78, 5) is 6.50. The maximum absolute atomic E-state index is 5.34. The highest BCUT2D eigenvalue weighted by Crippen LogP contribution is 2.23. The van der Waals surface area contributed by atoms with Crippen LogP contribution < -0.4 is 10.1 Å². The molecule has 4 nitrogen and oxygen atoms in total. The smallest absolute Gasteiger partial charge is 0.194 e. The van der Waals surface area contributed by atoms with E-state index in [9.17, 15) is 0 Å². The van der Waals surface area contributed by atoms with Crippen LogP contribution in [0, 0.1) is 0 Å². The first-order valence-electron chi connectivity index (χ1n) is 5.52. The number of nitrogens with zero attached hydrogens (tertiary/aromatic N) is 2. The first kappa shape index (κ1) is 15.6. The second-order valence-electron chi connectivity index (χ2n) is 3.94. The summed E-state index contributed by atoms with van der Waals surface area (Å²) in [5, 5.41) is 3.32. The molecule has 0 radical (unpaired) electrons. The molecule has 0 bridgehead atoms. The summed E-state index contributed by atoms with van der Waals surface area (Å²) < 4.78 is 6.37. The quantitative estimate of drug-likeness (QED) is 0.756. The lowest BCUT2D eigenvalue weighted by Crippen LogP contribution is -2.35. The first-order chi connectivity index (χ1) is 8.20. The Morgan fingerprint density at radius 2 is 2.28 bits per heavy atom. The van der Waals surface area contributed by atoms with Crippen molar-refractivity contribution in [2.75, 3.05) is 27.2 Å². The number of likely N-dealkylation sites (N-methyl/N-ethyl adjacent to an activating group) is 1. The fourth-order valence-electron chi connectivity index (χ4n) is 1.76. The average Bonchev–Trinajstić information content (AvgIpc) is 2.73. The van der Waals surface area contributed by atoms with Gasteiger partial charge in [0.1, 0.15) is 5.75 Å². The van der Waals surface area contributed by atoms with E-state index in [0.717, 1.165) is 41.4 Å². The molecule has 1 aromatic carbocycles. The van der Waals surface area contributed by atoms with E-state index in [0.29, 0.717) is 0 Å². The van der Waals surface area contributed by atoms with E-state index in [1.807, 2.05) is 25.2 Å². The molecule has 0 fully saturated rings. The number of hydrogen-bond acceptors (Lipinski definition) is 4. The molecule has 0 spiro atoms. The van der Waals surface area contributed by atoms with Crippen molar-refractivity contribution in [1.29, 1.82) is 0 Å². The zero-order chi connectivity index (χ0) is 12.3. The van der Waals surface area contributed by atoms with Crippen molar-refractivity contribution in [1.82, 2.24) is 10.2 Å². The molecule has 0 aromatic heterocycles. The Morgan fingerprint density at radius 1 is 1.50 bits per heavy atom. The third kappa shape index (κ3) is 3.74. The van der Waals surface area contributed by atoms with Crippen molar-refractivity contribution >= 4 is 45.9 Å². The molecule has 100 valence electrons. The lowest BCUT2D eigenvalue weighted by atomic mass is 10.2. The first-order valence-corrected chi connectivity index (χ1v) is 6.32. The molecule has 1 N–H and O–H groups in total. The minimum atomic E-state index is 0. The molecule has 1 aliphatic rings. The van der Waals surface area contributed by atoms with E-state index in [1.165, 1.54) is 0 Å². The Hall–Kier alpha value is -0.500. The Bertz CT molecular complexity index is 439. The van der Waals surface area contributed by atoms with Gasteiger partial charge in [0, 0.05) is 30.2 Å². The monoisotopic (exact) mass is 425 g/mol. The molecule has 6 heteroatoms. The molecule has 1 heterocycles. The number of guanidine groups is 1. The van der Waals surface area contributed by atoms with Crippen LogP contribution in [0.25, 0.3) is 0 Å². The van der Waals surface area contributed by atoms with Gasteiger partial charge in [-0.3, -0.25) is 4.99 Å². The minimum Gasteiger partial charge on any atom is -0.496 e. The molecule has 0 atom stereocenters. The molecule has 2 rings (SSSR count). The van der Waals surface area contributed by atoms with Crippen molar-refractivity contribution in [2.24, 2.45) is 4.99 Å². The van der Waals surface area contributed by atoms with Crippen LogP contribution in [-0.4, -0.2) is 38.1 Å². The maximum atomic E-state index is 5.34. The van der Waals surface area contributed by atoms with Crippen molar-refractivity contribution in [2.45, 2.75) is 6.54 Å². The fourth-order valence-corrected chi connectivity index (χ4v) is 2.10. The van der Waals surface area contributed by atoms with Crippen LogP contribution in [0.4, 0.5) is 0 Å². The number of halogens is 2. The van der Waals surface area contributed by atoms with Crippen LogP contribution in [0.3, 0.4) is 0 Å². The third-order valence-electron chi connectivity index (χ3n) is 2.74. The lowest BCUT2D eigenvalue weighted by molar-refractivity contribution is 0.408. The summed E-state index contributed by atoms with van der Waals surface area (Å²) in [5.41, 5.74) is 1.12. The molecule has 1 aliphatic heterocycles. The van der Waals surface area contributed by atoms with E-state index >= 15 is 0 Å². The molecular weight excluding hydrogens is 409 g/mol. The number of methoxy groups -OCH3 is 1. The Labute approximate surface area is 133 Å². The average molecular weight is 426 g/mol. The molecule has 1 aromatic rings. The van der Waals surface area contributed by atoms with E-state index in [4.69, 9.17) is 4.74 Å². The summed E-state index contributed by atoms with van der Waals surface area (Å²) in [6, 6.07) is 6.03. The van der Waals surface area contributed by atoms with Crippen molar-refractivity contribution < 1.29 is 4.74 Å². The Morgan fingerprint density at radius 3 is 2.89 bits per heavy atom. The predicted molar refractivity (Wildman–Crippen MR) is 87.9 cm³/mol. The van der Waals surface area contributed by atoms with Gasteiger partial charge in [0.2, 0.25) is 0 Å². The molecule has 0 amide bonds. The highest BCUT2D eigenvalue weighted by atomic mass is 127. The molecule has 18 heavy (non-hydrogen) atoms. The number of rotatable bonds is 3. The third-order valence-corrected chi connectivity index (χ3v) is 3.24. The van der Waals surface area contributed by atoms with Gasteiger partial charge >= 0.3 is 0 Å². The zero-order valence-electron chi connectivity index (χ0n) is 10.4. The Balaban J connectivity index is 0.00000162. The second-order valence-corrected chi connectivity index (χ2v) is 4.85. The second kappa shape index (κ2) is 7.18. The number of ether oxygens (including phenoxy) is 1. The van der Waals surface area contributed by atoms with Crippen LogP contribution in [0.2, 0.25) is 0 Å². The fraction of sp³-hybridized carbons (Fsp3) is 0.417. The van der Waals surface area contributed by atoms with E-state index in [1.54, 1.807) is 7.11 Å². The maximum Gasteiger partial charge on any atom is 0.194 e. The van der Waals surface area contributed by atoms with Crippen LogP contribution in [0.5, 0.6) is 5.75 Å². The summed E-state index contributed by atoms with van der Waals surface area (Å²) in [6.07, 6.45) is 0. The molecule has 0 saturated heterocycles. The summed E-state index contributed by atoms with van der Waals surface area (Å²) in [5.74, 6) is 1.84. The van der Waals surface area contributed by atoms with Gasteiger partial charge in [0.25, 0.3) is 0 Å². The SMILES string of the molecule is COc1cc(Br)ccc1CNC1=NCCN1C.I. The predicted octanol–water partition coefficient (Wildman–Crippen LogP) is 2.47. The highest BCUT2D eigenvalue weighted by molar-refractivity contribution is 14.0. The van der Waals surface area contributed by atoms with Gasteiger partial charge < -0.3 is 15.0 Å². The molecule has 0 unspecified atom stereocenters. The summed E-state index contributed by atoms with van der Waals surface area (Å²) in [6.45, 7) is 2.58. The molecule has 0 saturated carbocycles. The van der Waals surface area contributed by atoms with Gasteiger partial charge in [-0.1, -0.05) is 22.0 Å². The lowest BCUT2D eigenvalue weighted by Gasteiger charge is -2.16. The number of hydrogen-bond donors (Lipinski definition) is 1. The molecule has 0 aliphatic carbocycles. The number of benzene rings is 1. The van der Waals surface area contributed by atoms with E-state index in [-0.39, 0.29) is 24.0 Å². The largest absolute Gasteiger partial charge is 0.496 e. The number of nitrogens with one attached hydrogen (secondary N) is 1. The van der Waals surface area contributed by atoms with Crippen molar-refractivity contribution in [3.63, 3.8) is 0 Å². The standard InChI is InChI=1S/C12H16BrN3O.HI/c1-16-6-5-14-12(16)15-8-9-3-4-10(13)7-11(9)17-2;/h3-4,7H,5-6,8H2,1-2H3,(H,14,15);1H. The van der Waals surface area contributed by atoms with Crippen LogP contribution in [0.1, 0.15) is 5.56 Å². The topological polar surface area (TPSA) is 36.9 Å². The van der Waals surface area contributed by atoms with Gasteiger partial charge in [-0.15, -0.1) is 24.0 Å². The summed E-state index contributed by atoms with van der Waals surface area (Å²) >= 11 is 3.43. The van der Waals surface area contributed by atoms with Crippen LogP contribution in [0.15, 0.2) is 27.7 Å². The minimum absolute atomic E-state index is 0. The van der Waals surface area contributed by atoms with Gasteiger partial charge in [0.15, 0.2) is 5.96 Å². The summed E-state index contributed by atoms with van der Waals surface area (Å²) in [7, 11) is 3.72. The van der Waals surface area contributed by atoms with Gasteiger partial charge in [-0.2, -0.15) is 0 Å². The van der Waals surface area contributed by atoms with Crippen molar-refractivity contribution in [3.05, 3.63) is 28.2 Å². The van der Waals surface area contributed by atoms with Gasteiger partial charge in [-0.25, -0.2) is 0 Å². The zero-order valence-corrected chi connectivity index (χ0v) is 14.4. The van der Waals surface area contributed by atoms with E-state index in [2.05, 4.69) is 31.1 Å². The van der Waals surface area contributed by atoms with Crippen molar-refractivity contribution in [3.8, 4) is 5.75 Å². The van der Waals surface area contributed by atoms with Gasteiger partial charge in [0.05, 0.1) is 13.7 Å². The normalized spacial score (nSPS) is 13.9. The van der Waals surface area contributed by atoms with Gasteiger partial charge in [-0.05, 0) is 12.1 Å². The van der Waals surface area contributed by atoms with E-state index < -0.39 is 0 Å². The number of aliphatic imine (C=N–C) groups is 1. The van der Waals surface area contributed by atoms with Crippen LogP contribution >= 0.6 is 39.9 Å².